The third kappa shape index (κ3) is 4.96. The highest BCUT2D eigenvalue weighted by atomic mass is 16.3. The van der Waals surface area contributed by atoms with Gasteiger partial charge < -0.3 is 30.6 Å². The lowest BCUT2D eigenvalue weighted by Crippen LogP contribution is -2.15. The molecular formula is C25H18O10. The van der Waals surface area contributed by atoms with Gasteiger partial charge in [0.2, 0.25) is 23.1 Å². The van der Waals surface area contributed by atoms with Crippen molar-refractivity contribution in [1.29, 1.82) is 0 Å². The summed E-state index contributed by atoms with van der Waals surface area (Å²) in [6, 6.07) is 11.1. The maximum Gasteiger partial charge on any atom is 0.233 e. The molecule has 1 aliphatic rings. The third-order valence-electron chi connectivity index (χ3n) is 5.03. The summed E-state index contributed by atoms with van der Waals surface area (Å²) in [7, 11) is 0. The van der Waals surface area contributed by atoms with E-state index >= 15 is 0 Å². The second-order valence-electron chi connectivity index (χ2n) is 7.30. The Labute approximate surface area is 197 Å². The molecule has 4 rings (SSSR count). The van der Waals surface area contributed by atoms with E-state index in [0.29, 0.717) is 5.56 Å². The molecule has 3 aromatic carbocycles. The van der Waals surface area contributed by atoms with Gasteiger partial charge in [0.1, 0.15) is 0 Å². The average Bonchev–Trinajstić information content (AvgIpc) is 2.84. The van der Waals surface area contributed by atoms with Crippen molar-refractivity contribution in [3.05, 3.63) is 76.9 Å². The first-order valence-corrected chi connectivity index (χ1v) is 9.92. The fourth-order valence-electron chi connectivity index (χ4n) is 3.15. The summed E-state index contributed by atoms with van der Waals surface area (Å²) in [6.07, 6.45) is 2.19. The Morgan fingerprint density at radius 1 is 0.600 bits per heavy atom. The molecule has 3 aromatic rings. The molecule has 0 saturated heterocycles. The van der Waals surface area contributed by atoms with Gasteiger partial charge in [0.05, 0.1) is 17.5 Å². The van der Waals surface area contributed by atoms with E-state index in [1.807, 2.05) is 12.1 Å². The standard InChI is InChI=1S/C15H12O8.C10H6O2/c16-8-3-1-6(12(20)14(8)22)10(18)5-11(19)7-2-4-9(17)15(23)13(7)21;11-9-6-5-7-3-1-2-4-8(7)10(9)12/h1-4,16-17,20-23H,5H2;1-6H. The van der Waals surface area contributed by atoms with Crippen molar-refractivity contribution in [2.24, 2.45) is 0 Å². The fourth-order valence-corrected chi connectivity index (χ4v) is 3.15. The molecule has 0 spiro atoms. The van der Waals surface area contributed by atoms with Gasteiger partial charge in [-0.1, -0.05) is 30.3 Å². The van der Waals surface area contributed by atoms with E-state index in [9.17, 15) is 49.8 Å². The predicted molar refractivity (Wildman–Crippen MR) is 121 cm³/mol. The fraction of sp³-hybridized carbons (Fsp3) is 0.0400. The largest absolute Gasteiger partial charge is 0.504 e. The average molecular weight is 478 g/mol. The molecular weight excluding hydrogens is 460 g/mol. The Kier molecular flexibility index (Phi) is 6.86. The molecule has 0 saturated carbocycles. The topological polar surface area (TPSA) is 190 Å². The van der Waals surface area contributed by atoms with Gasteiger partial charge in [-0.2, -0.15) is 0 Å². The molecule has 0 aliphatic heterocycles. The SMILES string of the molecule is O=C(CC(=O)c1ccc(O)c(O)c1O)c1ccc(O)c(O)c1O.O=C1C=Cc2ccccc2C1=O. The number of hydrogen-bond donors (Lipinski definition) is 6. The number of fused-ring (bicyclic) bond motifs is 1. The number of phenols is 6. The van der Waals surface area contributed by atoms with Crippen molar-refractivity contribution >= 4 is 29.2 Å². The van der Waals surface area contributed by atoms with Gasteiger partial charge in [-0.15, -0.1) is 0 Å². The zero-order chi connectivity index (χ0) is 25.9. The van der Waals surface area contributed by atoms with E-state index in [4.69, 9.17) is 0 Å². The molecule has 0 heterocycles. The lowest BCUT2D eigenvalue weighted by Gasteiger charge is -2.08. The lowest BCUT2D eigenvalue weighted by molar-refractivity contribution is -0.110. The van der Waals surface area contributed by atoms with Gasteiger partial charge in [0, 0.05) is 5.56 Å². The molecule has 0 radical (unpaired) electrons. The Balaban J connectivity index is 0.000000237. The van der Waals surface area contributed by atoms with Crippen molar-refractivity contribution in [2.75, 3.05) is 0 Å². The summed E-state index contributed by atoms with van der Waals surface area (Å²) < 4.78 is 0. The van der Waals surface area contributed by atoms with Gasteiger partial charge in [-0.05, 0) is 35.9 Å². The number of benzene rings is 3. The van der Waals surface area contributed by atoms with Crippen LogP contribution in [-0.2, 0) is 4.79 Å². The van der Waals surface area contributed by atoms with Crippen LogP contribution in [0.15, 0.2) is 54.6 Å². The number of hydrogen-bond acceptors (Lipinski definition) is 10. The van der Waals surface area contributed by atoms with Crippen LogP contribution in [0.2, 0.25) is 0 Å². The van der Waals surface area contributed by atoms with Crippen molar-refractivity contribution in [2.45, 2.75) is 6.42 Å². The van der Waals surface area contributed by atoms with Crippen molar-refractivity contribution in [3.8, 4) is 34.5 Å². The van der Waals surface area contributed by atoms with Crippen LogP contribution in [0.4, 0.5) is 0 Å². The van der Waals surface area contributed by atoms with Crippen molar-refractivity contribution < 1.29 is 49.8 Å². The minimum atomic E-state index is -0.895. The van der Waals surface area contributed by atoms with Crippen molar-refractivity contribution in [1.82, 2.24) is 0 Å². The number of carbonyl (C=O) groups excluding carboxylic acids is 4. The molecule has 0 aromatic heterocycles. The van der Waals surface area contributed by atoms with Gasteiger partial charge >= 0.3 is 0 Å². The van der Waals surface area contributed by atoms with E-state index in [2.05, 4.69) is 0 Å². The summed E-state index contributed by atoms with van der Waals surface area (Å²) in [4.78, 5) is 46.2. The highest BCUT2D eigenvalue weighted by molar-refractivity contribution is 6.49. The number of phenolic OH excluding ortho intramolecular Hbond substituents is 6. The number of carbonyl (C=O) groups is 4. The predicted octanol–water partition coefficient (Wildman–Crippen LogP) is 2.84. The zero-order valence-electron chi connectivity index (χ0n) is 17.8. The van der Waals surface area contributed by atoms with Gasteiger partial charge in [-0.3, -0.25) is 19.2 Å². The Bertz CT molecular complexity index is 1330. The minimum Gasteiger partial charge on any atom is -0.504 e. The highest BCUT2D eigenvalue weighted by Gasteiger charge is 2.23. The monoisotopic (exact) mass is 478 g/mol. The smallest absolute Gasteiger partial charge is 0.233 e. The summed E-state index contributed by atoms with van der Waals surface area (Å²) in [5.41, 5.74) is 0.541. The second kappa shape index (κ2) is 9.79. The molecule has 0 atom stereocenters. The van der Waals surface area contributed by atoms with Crippen LogP contribution < -0.4 is 0 Å². The summed E-state index contributed by atoms with van der Waals surface area (Å²) >= 11 is 0. The van der Waals surface area contributed by atoms with Crippen LogP contribution >= 0.6 is 0 Å². The third-order valence-corrected chi connectivity index (χ3v) is 5.03. The molecule has 1 aliphatic carbocycles. The second-order valence-corrected chi connectivity index (χ2v) is 7.30. The molecule has 0 amide bonds. The van der Waals surface area contributed by atoms with Crippen molar-refractivity contribution in [3.63, 3.8) is 0 Å². The maximum atomic E-state index is 12.0. The van der Waals surface area contributed by atoms with Crippen LogP contribution in [-0.4, -0.2) is 53.8 Å². The molecule has 6 N–H and O–H groups in total. The Morgan fingerprint density at radius 3 is 1.60 bits per heavy atom. The van der Waals surface area contributed by atoms with Crippen LogP contribution in [0.25, 0.3) is 6.08 Å². The first-order chi connectivity index (χ1) is 16.5. The van der Waals surface area contributed by atoms with E-state index in [1.54, 1.807) is 18.2 Å². The molecule has 35 heavy (non-hydrogen) atoms. The minimum absolute atomic E-state index is 0.392. The van der Waals surface area contributed by atoms with E-state index < -0.39 is 75.2 Å². The van der Waals surface area contributed by atoms with Crippen LogP contribution in [0.5, 0.6) is 34.5 Å². The molecule has 0 unspecified atom stereocenters. The first-order valence-electron chi connectivity index (χ1n) is 9.92. The quantitative estimate of drug-likeness (QED) is 0.141. The molecule has 10 nitrogen and oxygen atoms in total. The number of ketones is 4. The number of aromatic hydroxyl groups is 6. The highest BCUT2D eigenvalue weighted by Crippen LogP contribution is 2.39. The normalized spacial score (nSPS) is 11.9. The lowest BCUT2D eigenvalue weighted by atomic mass is 9.96. The molecule has 0 fully saturated rings. The van der Waals surface area contributed by atoms with E-state index in [-0.39, 0.29) is 0 Å². The van der Waals surface area contributed by atoms with E-state index in [0.717, 1.165) is 29.8 Å². The van der Waals surface area contributed by atoms with Crippen LogP contribution in [0.1, 0.15) is 43.1 Å². The van der Waals surface area contributed by atoms with Gasteiger partial charge in [0.25, 0.3) is 0 Å². The maximum absolute atomic E-state index is 12.0. The molecule has 0 bridgehead atoms. The van der Waals surface area contributed by atoms with Crippen LogP contribution in [0.3, 0.4) is 0 Å². The Hall–Kier alpha value is -5.12. The summed E-state index contributed by atoms with van der Waals surface area (Å²) in [6.45, 7) is 0. The summed E-state index contributed by atoms with van der Waals surface area (Å²) in [5, 5.41) is 56.3. The molecule has 10 heteroatoms. The molecule has 178 valence electrons. The van der Waals surface area contributed by atoms with Crippen LogP contribution in [0, 0.1) is 0 Å². The first kappa shape index (κ1) is 24.5. The number of Topliss-reactive ketones (excluding diaryl/α,β-unsaturated/α-hetero) is 3. The number of rotatable bonds is 4. The Morgan fingerprint density at radius 2 is 1.09 bits per heavy atom. The van der Waals surface area contributed by atoms with Gasteiger partial charge in [-0.25, -0.2) is 0 Å². The number of allylic oxidation sites excluding steroid dienone is 1. The van der Waals surface area contributed by atoms with Gasteiger partial charge in [0.15, 0.2) is 34.6 Å². The summed E-state index contributed by atoms with van der Waals surface area (Å²) in [5.74, 6) is -7.41. The van der Waals surface area contributed by atoms with E-state index in [1.165, 1.54) is 6.08 Å². The zero-order valence-corrected chi connectivity index (χ0v) is 17.8.